The van der Waals surface area contributed by atoms with Crippen LogP contribution in [0, 0.1) is 5.92 Å². The minimum atomic E-state index is 0.602. The molecule has 0 radical (unpaired) electrons. The minimum absolute atomic E-state index is 0.602. The largest absolute Gasteiger partial charge is 0.264 e. The second-order valence-electron chi connectivity index (χ2n) is 3.34. The van der Waals surface area contributed by atoms with E-state index in [1.165, 1.54) is 11.1 Å². The van der Waals surface area contributed by atoms with E-state index >= 15 is 0 Å². The molecule has 0 aliphatic rings. The minimum Gasteiger partial charge on any atom is -0.264 e. The highest BCUT2D eigenvalue weighted by Gasteiger charge is 1.94. The van der Waals surface area contributed by atoms with Gasteiger partial charge in [-0.25, -0.2) is 0 Å². The molecule has 0 unspecified atom stereocenters. The number of pyridine rings is 1. The van der Waals surface area contributed by atoms with Gasteiger partial charge in [0.15, 0.2) is 0 Å². The summed E-state index contributed by atoms with van der Waals surface area (Å²) in [5.41, 5.74) is 2.52. The molecule has 0 bridgehead atoms. The lowest BCUT2D eigenvalue weighted by Crippen LogP contribution is -1.84. The quantitative estimate of drug-likeness (QED) is 0.649. The Morgan fingerprint density at radius 1 is 1.50 bits per heavy atom. The molecule has 1 nitrogen and oxygen atoms in total. The third kappa shape index (κ3) is 2.50. The van der Waals surface area contributed by atoms with Crippen LogP contribution in [0.4, 0.5) is 0 Å². The molecule has 0 aliphatic carbocycles. The number of hydrogen-bond acceptors (Lipinski definition) is 1. The van der Waals surface area contributed by atoms with Crippen molar-refractivity contribution in [2.45, 2.75) is 20.8 Å². The molecule has 1 rings (SSSR count). The van der Waals surface area contributed by atoms with Crippen LogP contribution in [0.2, 0.25) is 0 Å². The molecule has 0 aliphatic heterocycles. The maximum Gasteiger partial charge on any atom is 0.0342 e. The average molecular weight is 161 g/mol. The molecular weight excluding hydrogens is 146 g/mol. The van der Waals surface area contributed by atoms with Gasteiger partial charge in [0.05, 0.1) is 0 Å². The highest BCUT2D eigenvalue weighted by atomic mass is 14.6. The zero-order chi connectivity index (χ0) is 8.97. The van der Waals surface area contributed by atoms with E-state index in [4.69, 9.17) is 0 Å². The number of nitrogens with zero attached hydrogens (tertiary/aromatic N) is 1. The number of hydrogen-bond donors (Lipinski definition) is 0. The van der Waals surface area contributed by atoms with Crippen molar-refractivity contribution in [3.8, 4) is 0 Å². The number of aromatic nitrogens is 1. The Balaban J connectivity index is 2.85. The van der Waals surface area contributed by atoms with Gasteiger partial charge >= 0.3 is 0 Å². The third-order valence-electron chi connectivity index (χ3n) is 1.70. The lowest BCUT2D eigenvalue weighted by Gasteiger charge is -2.02. The topological polar surface area (TPSA) is 12.9 Å². The molecule has 0 saturated heterocycles. The van der Waals surface area contributed by atoms with Crippen LogP contribution in [0.5, 0.6) is 0 Å². The van der Waals surface area contributed by atoms with Gasteiger partial charge in [-0.1, -0.05) is 26.0 Å². The van der Waals surface area contributed by atoms with Gasteiger partial charge in [0, 0.05) is 12.4 Å². The van der Waals surface area contributed by atoms with E-state index in [0.717, 1.165) is 0 Å². The Hall–Kier alpha value is -1.11. The number of allylic oxidation sites excluding steroid dienone is 2. The summed E-state index contributed by atoms with van der Waals surface area (Å²) >= 11 is 0. The summed E-state index contributed by atoms with van der Waals surface area (Å²) in [4.78, 5) is 4.07. The first-order valence-electron chi connectivity index (χ1n) is 4.29. The lowest BCUT2D eigenvalue weighted by atomic mass is 10.1. The van der Waals surface area contributed by atoms with Crippen molar-refractivity contribution in [3.05, 3.63) is 36.2 Å². The molecule has 64 valence electrons. The van der Waals surface area contributed by atoms with E-state index in [1.807, 2.05) is 12.3 Å². The molecule has 12 heavy (non-hydrogen) atoms. The second-order valence-corrected chi connectivity index (χ2v) is 3.34. The van der Waals surface area contributed by atoms with Crippen LogP contribution in [0.1, 0.15) is 26.3 Å². The smallest absolute Gasteiger partial charge is 0.0342 e. The van der Waals surface area contributed by atoms with E-state index in [0.29, 0.717) is 5.92 Å². The summed E-state index contributed by atoms with van der Waals surface area (Å²) in [6, 6.07) is 4.05. The molecule has 1 aromatic rings. The van der Waals surface area contributed by atoms with Crippen molar-refractivity contribution in [3.63, 3.8) is 0 Å². The maximum absolute atomic E-state index is 4.07. The molecule has 1 heteroatoms. The van der Waals surface area contributed by atoms with Gasteiger partial charge in [0.2, 0.25) is 0 Å². The van der Waals surface area contributed by atoms with E-state index in [9.17, 15) is 0 Å². The summed E-state index contributed by atoms with van der Waals surface area (Å²) in [6.45, 7) is 6.48. The van der Waals surface area contributed by atoms with Crippen LogP contribution in [-0.4, -0.2) is 4.98 Å². The van der Waals surface area contributed by atoms with Crippen LogP contribution in [0.3, 0.4) is 0 Å². The monoisotopic (exact) mass is 161 g/mol. The molecule has 1 heterocycles. The van der Waals surface area contributed by atoms with Gasteiger partial charge in [-0.3, -0.25) is 4.98 Å². The Kier molecular flexibility index (Phi) is 3.03. The molecule has 1 aromatic heterocycles. The van der Waals surface area contributed by atoms with Crippen LogP contribution < -0.4 is 0 Å². The second kappa shape index (κ2) is 4.05. The Morgan fingerprint density at radius 3 is 2.75 bits per heavy atom. The number of rotatable bonds is 2. The summed E-state index contributed by atoms with van der Waals surface area (Å²) in [7, 11) is 0. The van der Waals surface area contributed by atoms with Crippen molar-refractivity contribution in [1.82, 2.24) is 4.98 Å². The highest BCUT2D eigenvalue weighted by Crippen LogP contribution is 2.13. The van der Waals surface area contributed by atoms with Crippen LogP contribution in [0.25, 0.3) is 5.57 Å². The van der Waals surface area contributed by atoms with Gasteiger partial charge in [-0.05, 0) is 30.0 Å². The summed E-state index contributed by atoms with van der Waals surface area (Å²) in [5.74, 6) is 0.602. The predicted molar refractivity (Wildman–Crippen MR) is 52.7 cm³/mol. The van der Waals surface area contributed by atoms with Gasteiger partial charge in [-0.2, -0.15) is 0 Å². The fourth-order valence-electron chi connectivity index (χ4n) is 1.19. The molecule has 0 saturated carbocycles. The zero-order valence-electron chi connectivity index (χ0n) is 7.91. The first-order valence-corrected chi connectivity index (χ1v) is 4.29. The molecule has 0 N–H and O–H groups in total. The van der Waals surface area contributed by atoms with Crippen LogP contribution in [0.15, 0.2) is 30.6 Å². The first kappa shape index (κ1) is 8.98. The van der Waals surface area contributed by atoms with Crippen molar-refractivity contribution in [1.29, 1.82) is 0 Å². The molecule has 0 spiro atoms. The SMILES string of the molecule is C/C(=C\C(C)C)c1cccnc1. The maximum atomic E-state index is 4.07. The van der Waals surface area contributed by atoms with E-state index in [-0.39, 0.29) is 0 Å². The molecule has 0 atom stereocenters. The van der Waals surface area contributed by atoms with Crippen LogP contribution >= 0.6 is 0 Å². The standard InChI is InChI=1S/C11H15N/c1-9(2)7-10(3)11-5-4-6-12-8-11/h4-9H,1-3H3/b10-7+. The molecule has 0 fully saturated rings. The van der Waals surface area contributed by atoms with Gasteiger partial charge in [0.25, 0.3) is 0 Å². The van der Waals surface area contributed by atoms with E-state index in [2.05, 4.69) is 37.9 Å². The van der Waals surface area contributed by atoms with Gasteiger partial charge < -0.3 is 0 Å². The molecule has 0 amide bonds. The summed E-state index contributed by atoms with van der Waals surface area (Å²) < 4.78 is 0. The van der Waals surface area contributed by atoms with Gasteiger partial charge in [-0.15, -0.1) is 0 Å². The van der Waals surface area contributed by atoms with Crippen molar-refractivity contribution in [2.24, 2.45) is 5.92 Å². The molecular formula is C11H15N. The predicted octanol–water partition coefficient (Wildman–Crippen LogP) is 3.14. The van der Waals surface area contributed by atoms with Crippen molar-refractivity contribution >= 4 is 5.57 Å². The zero-order valence-corrected chi connectivity index (χ0v) is 7.91. The van der Waals surface area contributed by atoms with Gasteiger partial charge in [0.1, 0.15) is 0 Å². The normalized spacial score (nSPS) is 12.2. The van der Waals surface area contributed by atoms with Crippen molar-refractivity contribution < 1.29 is 0 Å². The third-order valence-corrected chi connectivity index (χ3v) is 1.70. The van der Waals surface area contributed by atoms with Crippen LogP contribution in [-0.2, 0) is 0 Å². The lowest BCUT2D eigenvalue weighted by molar-refractivity contribution is 0.833. The highest BCUT2D eigenvalue weighted by molar-refractivity contribution is 5.62. The van der Waals surface area contributed by atoms with E-state index in [1.54, 1.807) is 6.20 Å². The fourth-order valence-corrected chi connectivity index (χ4v) is 1.19. The van der Waals surface area contributed by atoms with E-state index < -0.39 is 0 Å². The fraction of sp³-hybridized carbons (Fsp3) is 0.364. The Bertz CT molecular complexity index is 260. The average Bonchev–Trinajstić information content (AvgIpc) is 2.05. The Morgan fingerprint density at radius 2 is 2.25 bits per heavy atom. The summed E-state index contributed by atoms with van der Waals surface area (Å²) in [6.07, 6.45) is 5.94. The Labute approximate surface area is 74.2 Å². The first-order chi connectivity index (χ1) is 5.70. The summed E-state index contributed by atoms with van der Waals surface area (Å²) in [5, 5.41) is 0. The molecule has 0 aromatic carbocycles. The van der Waals surface area contributed by atoms with Crippen molar-refractivity contribution in [2.75, 3.05) is 0 Å².